The van der Waals surface area contributed by atoms with Crippen molar-refractivity contribution >= 4 is 11.3 Å². The Kier molecular flexibility index (Phi) is 7.08. The molecule has 0 amide bonds. The summed E-state index contributed by atoms with van der Waals surface area (Å²) >= 11 is 1.89. The Bertz CT molecular complexity index is 671. The average Bonchev–Trinajstić information content (AvgIpc) is 3.04. The van der Waals surface area contributed by atoms with E-state index in [1.54, 1.807) is 0 Å². The third kappa shape index (κ3) is 5.30. The van der Waals surface area contributed by atoms with Crippen molar-refractivity contribution in [3.63, 3.8) is 0 Å². The van der Waals surface area contributed by atoms with Gasteiger partial charge in [-0.1, -0.05) is 12.1 Å². The first-order chi connectivity index (χ1) is 12.7. The van der Waals surface area contributed by atoms with Crippen LogP contribution in [0.25, 0.3) is 0 Å². The average molecular weight is 375 g/mol. The molecule has 1 aliphatic heterocycles. The van der Waals surface area contributed by atoms with Crippen LogP contribution in [0.5, 0.6) is 5.75 Å². The van der Waals surface area contributed by atoms with Crippen LogP contribution >= 0.6 is 11.3 Å². The number of hydrogen-bond acceptors (Lipinski definition) is 5. The van der Waals surface area contributed by atoms with Crippen molar-refractivity contribution in [1.29, 1.82) is 0 Å². The van der Waals surface area contributed by atoms with E-state index in [2.05, 4.69) is 53.1 Å². The summed E-state index contributed by atoms with van der Waals surface area (Å²) in [4.78, 5) is 7.86. The molecule has 1 aromatic carbocycles. The van der Waals surface area contributed by atoms with Gasteiger partial charge in [0, 0.05) is 55.1 Å². The minimum atomic E-state index is 0.246. The van der Waals surface area contributed by atoms with E-state index in [-0.39, 0.29) is 6.61 Å². The molecule has 0 unspecified atom stereocenters. The van der Waals surface area contributed by atoms with Crippen molar-refractivity contribution in [2.45, 2.75) is 39.4 Å². The number of piperazine rings is 1. The van der Waals surface area contributed by atoms with Crippen LogP contribution in [0.4, 0.5) is 0 Å². The van der Waals surface area contributed by atoms with Crippen molar-refractivity contribution in [3.8, 4) is 5.75 Å². The van der Waals surface area contributed by atoms with Crippen LogP contribution in [0.3, 0.4) is 0 Å². The topological polar surface area (TPSA) is 35.9 Å². The van der Waals surface area contributed by atoms with Gasteiger partial charge in [0.2, 0.25) is 0 Å². The number of aliphatic hydroxyl groups excluding tert-OH is 1. The lowest BCUT2D eigenvalue weighted by Gasteiger charge is -2.41. The number of aliphatic hydroxyl groups is 1. The fourth-order valence-electron chi connectivity index (χ4n) is 3.61. The standard InChI is InChI=1S/C21H30N2O2S/c1-3-25-20-7-5-18(6-8-20)14-23-12-11-22(15-19(23)10-13-24)16-21-9-4-17(2)26-21/h4-9,19,24H,3,10-16H2,1-2H3/t19-/m1/s1. The fourth-order valence-corrected chi connectivity index (χ4v) is 4.55. The molecule has 3 rings (SSSR count). The number of hydrogen-bond donors (Lipinski definition) is 1. The van der Waals surface area contributed by atoms with Gasteiger partial charge in [-0.3, -0.25) is 9.80 Å². The lowest BCUT2D eigenvalue weighted by molar-refractivity contribution is 0.0504. The molecule has 0 spiro atoms. The van der Waals surface area contributed by atoms with Crippen molar-refractivity contribution in [1.82, 2.24) is 9.80 Å². The quantitative estimate of drug-likeness (QED) is 0.767. The first-order valence-electron chi connectivity index (χ1n) is 9.52. The number of aryl methyl sites for hydroxylation is 1. The van der Waals surface area contributed by atoms with Crippen LogP contribution in [0.1, 0.15) is 28.7 Å². The fraction of sp³-hybridized carbons (Fsp3) is 0.524. The third-order valence-corrected chi connectivity index (χ3v) is 5.93. The first kappa shape index (κ1) is 19.4. The molecule has 1 fully saturated rings. The lowest BCUT2D eigenvalue weighted by Crippen LogP contribution is -2.52. The summed E-state index contributed by atoms with van der Waals surface area (Å²) in [7, 11) is 0. The Morgan fingerprint density at radius 1 is 1.12 bits per heavy atom. The van der Waals surface area contributed by atoms with Crippen LogP contribution in [-0.4, -0.2) is 53.8 Å². The van der Waals surface area contributed by atoms with Crippen molar-refractivity contribution in [2.24, 2.45) is 0 Å². The first-order valence-corrected chi connectivity index (χ1v) is 10.3. The van der Waals surface area contributed by atoms with Crippen LogP contribution in [0.2, 0.25) is 0 Å². The van der Waals surface area contributed by atoms with Gasteiger partial charge in [-0.2, -0.15) is 0 Å². The molecule has 0 radical (unpaired) electrons. The predicted molar refractivity (Wildman–Crippen MR) is 108 cm³/mol. The molecule has 5 heteroatoms. The molecule has 2 aromatic rings. The highest BCUT2D eigenvalue weighted by Gasteiger charge is 2.26. The summed E-state index contributed by atoms with van der Waals surface area (Å²) in [6, 6.07) is 13.3. The van der Waals surface area contributed by atoms with E-state index >= 15 is 0 Å². The Labute approximate surface area is 161 Å². The maximum absolute atomic E-state index is 9.52. The van der Waals surface area contributed by atoms with E-state index in [0.29, 0.717) is 12.6 Å². The number of thiophene rings is 1. The maximum atomic E-state index is 9.52. The second kappa shape index (κ2) is 9.51. The summed E-state index contributed by atoms with van der Waals surface area (Å²) in [5.74, 6) is 0.930. The zero-order chi connectivity index (χ0) is 18.4. The van der Waals surface area contributed by atoms with Crippen molar-refractivity contribution < 1.29 is 9.84 Å². The van der Waals surface area contributed by atoms with Crippen molar-refractivity contribution in [2.75, 3.05) is 32.8 Å². The second-order valence-electron chi connectivity index (χ2n) is 6.96. The number of rotatable bonds is 8. The molecule has 1 aliphatic rings. The SMILES string of the molecule is CCOc1ccc(CN2CCN(Cc3ccc(C)s3)C[C@H]2CCO)cc1. The largest absolute Gasteiger partial charge is 0.494 e. The Morgan fingerprint density at radius 3 is 2.58 bits per heavy atom. The monoisotopic (exact) mass is 374 g/mol. The molecule has 142 valence electrons. The number of benzene rings is 1. The van der Waals surface area contributed by atoms with Crippen LogP contribution < -0.4 is 4.74 Å². The molecule has 26 heavy (non-hydrogen) atoms. The summed E-state index contributed by atoms with van der Waals surface area (Å²) in [6.07, 6.45) is 0.830. The zero-order valence-corrected chi connectivity index (χ0v) is 16.7. The lowest BCUT2D eigenvalue weighted by atomic mass is 10.1. The van der Waals surface area contributed by atoms with Gasteiger partial charge in [-0.25, -0.2) is 0 Å². The molecule has 1 saturated heterocycles. The Morgan fingerprint density at radius 2 is 1.92 bits per heavy atom. The van der Waals surface area contributed by atoms with E-state index in [4.69, 9.17) is 4.74 Å². The van der Waals surface area contributed by atoms with Gasteiger partial charge in [-0.15, -0.1) is 11.3 Å². The second-order valence-corrected chi connectivity index (χ2v) is 8.33. The minimum Gasteiger partial charge on any atom is -0.494 e. The highest BCUT2D eigenvalue weighted by molar-refractivity contribution is 7.11. The molecule has 0 bridgehead atoms. The third-order valence-electron chi connectivity index (χ3n) is 4.95. The van der Waals surface area contributed by atoms with E-state index < -0.39 is 0 Å². The molecular weight excluding hydrogens is 344 g/mol. The van der Waals surface area contributed by atoms with E-state index in [1.807, 2.05) is 18.3 Å². The smallest absolute Gasteiger partial charge is 0.119 e. The molecular formula is C21H30N2O2S. The van der Waals surface area contributed by atoms with Gasteiger partial charge in [0.15, 0.2) is 0 Å². The van der Waals surface area contributed by atoms with Gasteiger partial charge in [-0.05, 0) is 50.1 Å². The molecule has 1 aromatic heterocycles. The summed E-state index contributed by atoms with van der Waals surface area (Å²) in [6.45, 7) is 10.2. The van der Waals surface area contributed by atoms with E-state index in [0.717, 1.165) is 44.9 Å². The van der Waals surface area contributed by atoms with Crippen molar-refractivity contribution in [3.05, 3.63) is 51.7 Å². The normalized spacial score (nSPS) is 19.0. The Hall–Kier alpha value is -1.40. The zero-order valence-electron chi connectivity index (χ0n) is 15.9. The van der Waals surface area contributed by atoms with E-state index in [1.165, 1.54) is 15.3 Å². The summed E-state index contributed by atoms with van der Waals surface area (Å²) < 4.78 is 5.53. The van der Waals surface area contributed by atoms with Crippen LogP contribution in [0.15, 0.2) is 36.4 Å². The van der Waals surface area contributed by atoms with Gasteiger partial charge in [0.05, 0.1) is 6.61 Å². The van der Waals surface area contributed by atoms with E-state index in [9.17, 15) is 5.11 Å². The highest BCUT2D eigenvalue weighted by atomic mass is 32.1. The van der Waals surface area contributed by atoms with Gasteiger partial charge in [0.25, 0.3) is 0 Å². The predicted octanol–water partition coefficient (Wildman–Crippen LogP) is 3.52. The minimum absolute atomic E-state index is 0.246. The number of nitrogens with zero attached hydrogens (tertiary/aromatic N) is 2. The summed E-state index contributed by atoms with van der Waals surface area (Å²) in [5.41, 5.74) is 1.30. The number of ether oxygens (including phenoxy) is 1. The summed E-state index contributed by atoms with van der Waals surface area (Å²) in [5, 5.41) is 9.52. The highest BCUT2D eigenvalue weighted by Crippen LogP contribution is 2.22. The van der Waals surface area contributed by atoms with Crippen LogP contribution in [-0.2, 0) is 13.1 Å². The molecule has 4 nitrogen and oxygen atoms in total. The van der Waals surface area contributed by atoms with Gasteiger partial charge < -0.3 is 9.84 Å². The van der Waals surface area contributed by atoms with Gasteiger partial charge >= 0.3 is 0 Å². The van der Waals surface area contributed by atoms with Gasteiger partial charge in [0.1, 0.15) is 5.75 Å². The molecule has 2 heterocycles. The molecule has 0 aliphatic carbocycles. The molecule has 1 N–H and O–H groups in total. The Balaban J connectivity index is 1.59. The molecule has 1 atom stereocenters. The molecule has 0 saturated carbocycles. The van der Waals surface area contributed by atoms with Crippen LogP contribution in [0, 0.1) is 6.92 Å². The maximum Gasteiger partial charge on any atom is 0.119 e.